The minimum atomic E-state index is 0.396. The number of hydrogen-bond donors (Lipinski definition) is 0. The highest BCUT2D eigenvalue weighted by Crippen LogP contribution is 2.63. The number of hydrogen-bond acceptors (Lipinski definition) is 1. The number of rotatable bonds is 0. The normalized spacial score (nSPS) is 46.8. The molecule has 11 heavy (non-hydrogen) atoms. The second-order valence-corrected chi connectivity index (χ2v) is 5.41. The molecule has 0 unspecified atom stereocenters. The Morgan fingerprint density at radius 3 is 2.18 bits per heavy atom. The van der Waals surface area contributed by atoms with Crippen LogP contribution in [0.1, 0.15) is 40.0 Å². The Morgan fingerprint density at radius 2 is 2.00 bits per heavy atom. The van der Waals surface area contributed by atoms with Crippen molar-refractivity contribution in [2.45, 2.75) is 40.0 Å². The minimum absolute atomic E-state index is 0.396. The minimum Gasteiger partial charge on any atom is -0.0891 e. The molecule has 0 N–H and O–H groups in total. The van der Waals surface area contributed by atoms with Crippen molar-refractivity contribution in [3.63, 3.8) is 0 Å². The van der Waals surface area contributed by atoms with Gasteiger partial charge in [0.15, 0.2) is 0 Å². The van der Waals surface area contributed by atoms with E-state index in [9.17, 15) is 0 Å². The third kappa shape index (κ3) is 0.683. The van der Waals surface area contributed by atoms with Crippen LogP contribution in [0.3, 0.4) is 0 Å². The van der Waals surface area contributed by atoms with Gasteiger partial charge in [-0.3, -0.25) is 0 Å². The van der Waals surface area contributed by atoms with E-state index in [0.717, 1.165) is 5.92 Å². The second kappa shape index (κ2) is 1.87. The molecule has 2 bridgehead atoms. The summed E-state index contributed by atoms with van der Waals surface area (Å²) >= 11 is 5.43. The van der Waals surface area contributed by atoms with Crippen molar-refractivity contribution < 1.29 is 0 Å². The van der Waals surface area contributed by atoms with Crippen LogP contribution in [-0.4, -0.2) is 4.86 Å². The fourth-order valence-corrected chi connectivity index (χ4v) is 3.47. The van der Waals surface area contributed by atoms with Crippen molar-refractivity contribution in [3.05, 3.63) is 0 Å². The van der Waals surface area contributed by atoms with Crippen LogP contribution in [-0.2, 0) is 0 Å². The summed E-state index contributed by atoms with van der Waals surface area (Å²) in [6.07, 6.45) is 3.96. The Kier molecular flexibility index (Phi) is 1.32. The van der Waals surface area contributed by atoms with Gasteiger partial charge in [-0.1, -0.05) is 33.0 Å². The van der Waals surface area contributed by atoms with E-state index >= 15 is 0 Å². The van der Waals surface area contributed by atoms with Crippen molar-refractivity contribution in [3.8, 4) is 0 Å². The SMILES string of the molecule is CC1(C)[C@H]2CC[C@]1(C)C(=S)C2. The van der Waals surface area contributed by atoms with Gasteiger partial charge in [-0.15, -0.1) is 0 Å². The molecule has 0 heterocycles. The zero-order valence-electron chi connectivity index (χ0n) is 7.61. The topological polar surface area (TPSA) is 0 Å². The lowest BCUT2D eigenvalue weighted by Crippen LogP contribution is -2.31. The van der Waals surface area contributed by atoms with E-state index in [2.05, 4.69) is 20.8 Å². The van der Waals surface area contributed by atoms with E-state index in [1.54, 1.807) is 0 Å². The molecule has 0 aromatic carbocycles. The van der Waals surface area contributed by atoms with E-state index in [4.69, 9.17) is 12.2 Å². The van der Waals surface area contributed by atoms with Crippen LogP contribution in [0, 0.1) is 16.7 Å². The molecule has 0 radical (unpaired) electrons. The predicted molar refractivity (Wildman–Crippen MR) is 51.8 cm³/mol. The summed E-state index contributed by atoms with van der Waals surface area (Å²) in [4.78, 5) is 1.35. The summed E-state index contributed by atoms with van der Waals surface area (Å²) in [6, 6.07) is 0. The lowest BCUT2D eigenvalue weighted by atomic mass is 9.71. The van der Waals surface area contributed by atoms with Crippen LogP contribution in [0.5, 0.6) is 0 Å². The van der Waals surface area contributed by atoms with Crippen molar-refractivity contribution >= 4 is 17.1 Å². The first kappa shape index (κ1) is 7.72. The van der Waals surface area contributed by atoms with Gasteiger partial charge < -0.3 is 0 Å². The average molecular weight is 168 g/mol. The van der Waals surface area contributed by atoms with Crippen LogP contribution < -0.4 is 0 Å². The number of fused-ring (bicyclic) bond motifs is 2. The lowest BCUT2D eigenvalue weighted by Gasteiger charge is -2.34. The molecule has 62 valence electrons. The van der Waals surface area contributed by atoms with Gasteiger partial charge in [0.1, 0.15) is 0 Å². The van der Waals surface area contributed by atoms with Gasteiger partial charge >= 0.3 is 0 Å². The summed E-state index contributed by atoms with van der Waals surface area (Å²) in [5.74, 6) is 0.889. The zero-order valence-corrected chi connectivity index (χ0v) is 8.42. The fraction of sp³-hybridized carbons (Fsp3) is 0.900. The molecule has 0 amide bonds. The Morgan fingerprint density at radius 1 is 1.36 bits per heavy atom. The van der Waals surface area contributed by atoms with Crippen LogP contribution in [0.4, 0.5) is 0 Å². The highest BCUT2D eigenvalue weighted by molar-refractivity contribution is 7.80. The average Bonchev–Trinajstić information content (AvgIpc) is 2.20. The van der Waals surface area contributed by atoms with Gasteiger partial charge in [0.2, 0.25) is 0 Å². The quantitative estimate of drug-likeness (QED) is 0.500. The molecule has 2 saturated carbocycles. The smallest absolute Gasteiger partial charge is 0.00424 e. The molecule has 2 rings (SSSR count). The van der Waals surface area contributed by atoms with E-state index in [-0.39, 0.29) is 0 Å². The Balaban J connectivity index is 2.47. The first-order valence-electron chi connectivity index (χ1n) is 4.52. The maximum absolute atomic E-state index is 5.43. The van der Waals surface area contributed by atoms with Gasteiger partial charge in [0.05, 0.1) is 0 Å². The molecule has 2 aliphatic carbocycles. The molecule has 1 heteroatoms. The lowest BCUT2D eigenvalue weighted by molar-refractivity contribution is 0.195. The van der Waals surface area contributed by atoms with Gasteiger partial charge in [-0.05, 0) is 35.5 Å². The molecule has 2 atom stereocenters. The summed E-state index contributed by atoms with van der Waals surface area (Å²) in [5.41, 5.74) is 0.886. The summed E-state index contributed by atoms with van der Waals surface area (Å²) < 4.78 is 0. The van der Waals surface area contributed by atoms with Crippen molar-refractivity contribution in [1.82, 2.24) is 0 Å². The third-order valence-corrected chi connectivity index (χ3v) is 5.10. The fourth-order valence-electron chi connectivity index (χ4n) is 2.90. The zero-order chi connectivity index (χ0) is 8.28. The maximum atomic E-state index is 5.43. The third-order valence-electron chi connectivity index (χ3n) is 4.48. The van der Waals surface area contributed by atoms with Gasteiger partial charge in [-0.25, -0.2) is 0 Å². The molecule has 2 aliphatic rings. The largest absolute Gasteiger partial charge is 0.0891 e. The maximum Gasteiger partial charge on any atom is 0.00424 e. The first-order valence-corrected chi connectivity index (χ1v) is 4.92. The van der Waals surface area contributed by atoms with Gasteiger partial charge in [-0.2, -0.15) is 0 Å². The van der Waals surface area contributed by atoms with Gasteiger partial charge in [0.25, 0.3) is 0 Å². The highest BCUT2D eigenvalue weighted by Gasteiger charge is 2.58. The molecule has 0 aromatic heterocycles. The van der Waals surface area contributed by atoms with Crippen LogP contribution in [0.15, 0.2) is 0 Å². The van der Waals surface area contributed by atoms with E-state index < -0.39 is 0 Å². The molecular formula is C10H16S. The van der Waals surface area contributed by atoms with Crippen LogP contribution in [0.25, 0.3) is 0 Å². The van der Waals surface area contributed by atoms with Crippen LogP contribution >= 0.6 is 12.2 Å². The van der Waals surface area contributed by atoms with Crippen LogP contribution in [0.2, 0.25) is 0 Å². The second-order valence-electron chi connectivity index (χ2n) is 4.92. The number of thiocarbonyl (C=S) groups is 1. The van der Waals surface area contributed by atoms with Crippen molar-refractivity contribution in [2.24, 2.45) is 16.7 Å². The first-order chi connectivity index (χ1) is 4.98. The van der Waals surface area contributed by atoms with E-state index in [1.165, 1.54) is 24.1 Å². The van der Waals surface area contributed by atoms with Crippen molar-refractivity contribution in [1.29, 1.82) is 0 Å². The molecule has 0 nitrogen and oxygen atoms in total. The standard InChI is InChI=1S/C10H16S/c1-9(2)7-4-5-10(9,3)8(11)6-7/h7H,4-6H2,1-3H3/t7-,10+/m0/s1. The summed E-state index contributed by atoms with van der Waals surface area (Å²) in [6.45, 7) is 7.15. The predicted octanol–water partition coefficient (Wildman–Crippen LogP) is 3.20. The summed E-state index contributed by atoms with van der Waals surface area (Å²) in [7, 11) is 0. The molecule has 0 saturated heterocycles. The van der Waals surface area contributed by atoms with Crippen molar-refractivity contribution in [2.75, 3.05) is 0 Å². The monoisotopic (exact) mass is 168 g/mol. The molecule has 0 aliphatic heterocycles. The molecule has 0 aromatic rings. The Hall–Kier alpha value is 0.0900. The van der Waals surface area contributed by atoms with E-state index in [0.29, 0.717) is 10.8 Å². The Bertz CT molecular complexity index is 217. The van der Waals surface area contributed by atoms with E-state index in [1.807, 2.05) is 0 Å². The molecule has 2 fully saturated rings. The summed E-state index contributed by atoms with van der Waals surface area (Å²) in [5, 5.41) is 0. The molecule has 0 spiro atoms. The Labute approximate surface area is 74.4 Å². The van der Waals surface area contributed by atoms with Gasteiger partial charge in [0, 0.05) is 5.41 Å². The molecular weight excluding hydrogens is 152 g/mol. The highest BCUT2D eigenvalue weighted by atomic mass is 32.1.